The molecule has 0 aliphatic carbocycles. The second-order valence-electron chi connectivity index (χ2n) is 3.16. The summed E-state index contributed by atoms with van der Waals surface area (Å²) < 4.78 is 0. The molecular formula is C11H15NO2. The summed E-state index contributed by atoms with van der Waals surface area (Å²) in [6.07, 6.45) is -0.128. The molecule has 0 bridgehead atoms. The van der Waals surface area contributed by atoms with E-state index in [1.165, 1.54) is 0 Å². The van der Waals surface area contributed by atoms with E-state index in [0.29, 0.717) is 12.1 Å². The monoisotopic (exact) mass is 193 g/mol. The van der Waals surface area contributed by atoms with E-state index >= 15 is 0 Å². The fraction of sp³-hybridized carbons (Fsp3) is 0.364. The normalized spacial score (nSPS) is 12.2. The molecule has 0 aliphatic heterocycles. The molecule has 0 heterocycles. The van der Waals surface area contributed by atoms with Gasteiger partial charge in [-0.15, -0.1) is 0 Å². The lowest BCUT2D eigenvalue weighted by Crippen LogP contribution is -2.11. The van der Waals surface area contributed by atoms with Gasteiger partial charge in [-0.2, -0.15) is 0 Å². The lowest BCUT2D eigenvalue weighted by Gasteiger charge is -2.12. The number of benzene rings is 1. The van der Waals surface area contributed by atoms with Crippen molar-refractivity contribution >= 4 is 11.6 Å². The average molecular weight is 193 g/mol. The minimum Gasteiger partial charge on any atom is -0.389 e. The molecule has 1 amide bonds. The van der Waals surface area contributed by atoms with E-state index in [1.807, 2.05) is 12.1 Å². The molecule has 1 unspecified atom stereocenters. The third kappa shape index (κ3) is 2.57. The summed E-state index contributed by atoms with van der Waals surface area (Å²) in [5.74, 6) is -0.0434. The van der Waals surface area contributed by atoms with Crippen LogP contribution in [0.3, 0.4) is 0 Å². The van der Waals surface area contributed by atoms with E-state index < -0.39 is 6.10 Å². The van der Waals surface area contributed by atoms with Crippen LogP contribution in [0.4, 0.5) is 5.69 Å². The van der Waals surface area contributed by atoms with E-state index in [-0.39, 0.29) is 5.91 Å². The van der Waals surface area contributed by atoms with E-state index in [4.69, 9.17) is 0 Å². The Labute approximate surface area is 83.8 Å². The molecule has 1 aromatic carbocycles. The highest BCUT2D eigenvalue weighted by molar-refractivity contribution is 5.91. The number of rotatable bonds is 3. The molecule has 0 saturated carbocycles. The molecule has 0 radical (unpaired) electrons. The van der Waals surface area contributed by atoms with Crippen LogP contribution in [0, 0.1) is 0 Å². The van der Waals surface area contributed by atoms with Crippen LogP contribution in [0.15, 0.2) is 24.3 Å². The number of carbonyl (C=O) groups excluding carboxylic acids is 1. The molecule has 3 heteroatoms. The number of aliphatic hydroxyl groups excluding tert-OH is 1. The Hall–Kier alpha value is -1.35. The minimum atomic E-state index is -0.566. The van der Waals surface area contributed by atoms with Gasteiger partial charge in [-0.05, 0) is 13.0 Å². The second kappa shape index (κ2) is 4.77. The van der Waals surface area contributed by atoms with Crippen molar-refractivity contribution in [2.24, 2.45) is 0 Å². The highest BCUT2D eigenvalue weighted by Gasteiger charge is 2.08. The molecule has 0 fully saturated rings. The number of anilines is 1. The Bertz CT molecular complexity index is 321. The van der Waals surface area contributed by atoms with Crippen molar-refractivity contribution < 1.29 is 9.90 Å². The van der Waals surface area contributed by atoms with Crippen molar-refractivity contribution in [3.63, 3.8) is 0 Å². The van der Waals surface area contributed by atoms with Crippen molar-refractivity contribution in [3.8, 4) is 0 Å². The number of para-hydroxylation sites is 1. The molecule has 1 aromatic rings. The fourth-order valence-electron chi connectivity index (χ4n) is 1.21. The molecule has 0 aromatic heterocycles. The van der Waals surface area contributed by atoms with Crippen LogP contribution in [-0.4, -0.2) is 11.0 Å². The smallest absolute Gasteiger partial charge is 0.224 e. The summed E-state index contributed by atoms with van der Waals surface area (Å²) in [6.45, 7) is 3.47. The fourth-order valence-corrected chi connectivity index (χ4v) is 1.21. The zero-order valence-corrected chi connectivity index (χ0v) is 8.45. The van der Waals surface area contributed by atoms with Gasteiger partial charge in [-0.25, -0.2) is 0 Å². The van der Waals surface area contributed by atoms with Crippen LogP contribution in [0.1, 0.15) is 31.9 Å². The van der Waals surface area contributed by atoms with E-state index in [1.54, 1.807) is 26.0 Å². The summed E-state index contributed by atoms with van der Waals surface area (Å²) in [5.41, 5.74) is 1.43. The van der Waals surface area contributed by atoms with Crippen molar-refractivity contribution in [3.05, 3.63) is 29.8 Å². The predicted octanol–water partition coefficient (Wildman–Crippen LogP) is 2.09. The highest BCUT2D eigenvalue weighted by Crippen LogP contribution is 2.22. The number of hydrogen-bond donors (Lipinski definition) is 2. The summed E-state index contributed by atoms with van der Waals surface area (Å²) >= 11 is 0. The molecule has 2 N–H and O–H groups in total. The quantitative estimate of drug-likeness (QED) is 0.772. The third-order valence-electron chi connectivity index (χ3n) is 2.01. The van der Waals surface area contributed by atoms with Gasteiger partial charge in [-0.1, -0.05) is 25.1 Å². The van der Waals surface area contributed by atoms with Crippen molar-refractivity contribution in [1.82, 2.24) is 0 Å². The van der Waals surface area contributed by atoms with Crippen LogP contribution in [0.2, 0.25) is 0 Å². The van der Waals surface area contributed by atoms with Crippen LogP contribution < -0.4 is 5.32 Å². The SMILES string of the molecule is CCC(=O)Nc1ccccc1C(C)O. The zero-order chi connectivity index (χ0) is 10.6. The Morgan fingerprint density at radius 3 is 2.71 bits per heavy atom. The van der Waals surface area contributed by atoms with Crippen LogP contribution in [-0.2, 0) is 4.79 Å². The van der Waals surface area contributed by atoms with Gasteiger partial charge in [0.05, 0.1) is 6.10 Å². The van der Waals surface area contributed by atoms with Crippen molar-refractivity contribution in [2.45, 2.75) is 26.4 Å². The highest BCUT2D eigenvalue weighted by atomic mass is 16.3. The summed E-state index contributed by atoms with van der Waals surface area (Å²) in [5, 5.41) is 12.2. The van der Waals surface area contributed by atoms with E-state index in [2.05, 4.69) is 5.32 Å². The standard InChI is InChI=1S/C11H15NO2/c1-3-11(14)12-10-7-5-4-6-9(10)8(2)13/h4-8,13H,3H2,1-2H3,(H,12,14). The van der Waals surface area contributed by atoms with Gasteiger partial charge in [0.1, 0.15) is 0 Å². The van der Waals surface area contributed by atoms with Gasteiger partial charge in [0.25, 0.3) is 0 Å². The van der Waals surface area contributed by atoms with Gasteiger partial charge in [-0.3, -0.25) is 4.79 Å². The van der Waals surface area contributed by atoms with Gasteiger partial charge in [0.2, 0.25) is 5.91 Å². The van der Waals surface area contributed by atoms with E-state index in [9.17, 15) is 9.90 Å². The molecule has 1 rings (SSSR count). The summed E-state index contributed by atoms with van der Waals surface area (Å²) in [6, 6.07) is 7.26. The van der Waals surface area contributed by atoms with Crippen LogP contribution in [0.5, 0.6) is 0 Å². The Morgan fingerprint density at radius 2 is 2.14 bits per heavy atom. The first-order valence-electron chi connectivity index (χ1n) is 4.72. The molecule has 3 nitrogen and oxygen atoms in total. The molecule has 14 heavy (non-hydrogen) atoms. The first kappa shape index (κ1) is 10.7. The average Bonchev–Trinajstić information content (AvgIpc) is 2.18. The third-order valence-corrected chi connectivity index (χ3v) is 2.01. The first-order chi connectivity index (χ1) is 6.65. The molecule has 76 valence electrons. The topological polar surface area (TPSA) is 49.3 Å². The second-order valence-corrected chi connectivity index (χ2v) is 3.16. The number of amides is 1. The lowest BCUT2D eigenvalue weighted by atomic mass is 10.1. The Morgan fingerprint density at radius 1 is 1.50 bits per heavy atom. The number of hydrogen-bond acceptors (Lipinski definition) is 2. The predicted molar refractivity (Wildman–Crippen MR) is 56.0 cm³/mol. The van der Waals surface area contributed by atoms with Crippen LogP contribution >= 0.6 is 0 Å². The Balaban J connectivity index is 2.90. The molecule has 0 saturated heterocycles. The maximum Gasteiger partial charge on any atom is 0.224 e. The lowest BCUT2D eigenvalue weighted by molar-refractivity contribution is -0.115. The van der Waals surface area contributed by atoms with Crippen molar-refractivity contribution in [1.29, 1.82) is 0 Å². The van der Waals surface area contributed by atoms with Gasteiger partial charge in [0.15, 0.2) is 0 Å². The molecular weight excluding hydrogens is 178 g/mol. The minimum absolute atomic E-state index is 0.0434. The zero-order valence-electron chi connectivity index (χ0n) is 8.45. The van der Waals surface area contributed by atoms with Crippen LogP contribution in [0.25, 0.3) is 0 Å². The molecule has 0 aliphatic rings. The summed E-state index contributed by atoms with van der Waals surface area (Å²) in [4.78, 5) is 11.2. The Kier molecular flexibility index (Phi) is 3.65. The number of carbonyl (C=O) groups is 1. The number of aliphatic hydroxyl groups is 1. The maximum atomic E-state index is 11.2. The van der Waals surface area contributed by atoms with Crippen molar-refractivity contribution in [2.75, 3.05) is 5.32 Å². The first-order valence-corrected chi connectivity index (χ1v) is 4.72. The molecule has 1 atom stereocenters. The summed E-state index contributed by atoms with van der Waals surface area (Å²) in [7, 11) is 0. The van der Waals surface area contributed by atoms with Gasteiger partial charge < -0.3 is 10.4 Å². The molecule has 0 spiro atoms. The van der Waals surface area contributed by atoms with Gasteiger partial charge in [0, 0.05) is 17.7 Å². The largest absolute Gasteiger partial charge is 0.389 e. The van der Waals surface area contributed by atoms with E-state index in [0.717, 1.165) is 5.56 Å². The van der Waals surface area contributed by atoms with Gasteiger partial charge >= 0.3 is 0 Å². The number of nitrogens with one attached hydrogen (secondary N) is 1. The maximum absolute atomic E-state index is 11.2.